The van der Waals surface area contributed by atoms with Crippen LogP contribution in [0.15, 0.2) is 0 Å². The van der Waals surface area contributed by atoms with Crippen molar-refractivity contribution in [3.8, 4) is 0 Å². The average molecular weight is 227 g/mol. The van der Waals surface area contributed by atoms with Crippen molar-refractivity contribution in [2.75, 3.05) is 0 Å². The van der Waals surface area contributed by atoms with E-state index in [4.69, 9.17) is 0 Å². The average Bonchev–Trinajstić information content (AvgIpc) is 0.811. The van der Waals surface area contributed by atoms with Gasteiger partial charge in [0.2, 0.25) is 0 Å². The molecule has 0 radical (unpaired) electrons. The first-order valence-corrected chi connectivity index (χ1v) is 13.6. The Bertz CT molecular complexity index is 10.8. The van der Waals surface area contributed by atoms with Crippen LogP contribution in [0.25, 0.3) is 0 Å². The minimum atomic E-state index is -0.509. The number of hydrogen-bond donors (Lipinski definition) is 0. The van der Waals surface area contributed by atoms with Gasteiger partial charge in [0.05, 0.1) is 0 Å². The van der Waals surface area contributed by atoms with Crippen LogP contribution in [-0.2, 0) is 0 Å². The summed E-state index contributed by atoms with van der Waals surface area (Å²) in [5.74, 6) is 0. The standard InChI is InChI=1S/2CH3.Ga.HI/h2*1H3;;1H/q;;+1;/p-1. The molecule has 0 bridgehead atoms. The molecule has 0 fully saturated rings. The molecule has 0 aromatic carbocycles. The molecule has 0 unspecified atom stereocenters. The summed E-state index contributed by atoms with van der Waals surface area (Å²) in [4.78, 5) is 0. The van der Waals surface area contributed by atoms with E-state index in [1.807, 2.05) is 0 Å². The van der Waals surface area contributed by atoms with E-state index in [1.54, 1.807) is 0 Å². The molecule has 0 saturated heterocycles. The van der Waals surface area contributed by atoms with Crippen molar-refractivity contribution in [3.05, 3.63) is 0 Å². The van der Waals surface area contributed by atoms with Crippen molar-refractivity contribution in [1.29, 1.82) is 0 Å². The summed E-state index contributed by atoms with van der Waals surface area (Å²) in [6.07, 6.45) is 0. The maximum atomic E-state index is 2.53. The van der Waals surface area contributed by atoms with Crippen LogP contribution in [0.1, 0.15) is 0 Å². The van der Waals surface area contributed by atoms with Gasteiger partial charge in [-0.05, 0) is 0 Å². The van der Waals surface area contributed by atoms with E-state index >= 15 is 0 Å². The Morgan fingerprint density at radius 2 is 1.50 bits per heavy atom. The van der Waals surface area contributed by atoms with Crippen LogP contribution in [0.5, 0.6) is 0 Å². The molecule has 0 aliphatic rings. The third-order valence-electron chi connectivity index (χ3n) is 0. The second-order valence-corrected chi connectivity index (χ2v) is 18.2. The Hall–Kier alpha value is 1.37. The molecule has 0 atom stereocenters. The normalized spacial score (nSPS) is 6.75. The molecule has 2 heteroatoms. The Labute approximate surface area is 43.1 Å². The summed E-state index contributed by atoms with van der Waals surface area (Å²) >= 11 is 2.02. The van der Waals surface area contributed by atoms with Crippen molar-refractivity contribution >= 4 is 32.3 Å². The molecule has 0 amide bonds. The summed E-state index contributed by atoms with van der Waals surface area (Å²) in [7, 11) is 0. The predicted molar refractivity (Wildman–Crippen MR) is 31.5 cm³/mol. The van der Waals surface area contributed by atoms with Gasteiger partial charge in [-0.1, -0.05) is 0 Å². The molecule has 0 nitrogen and oxygen atoms in total. The monoisotopic (exact) mass is 226 g/mol. The summed E-state index contributed by atoms with van der Waals surface area (Å²) in [6, 6.07) is 0. The molecule has 0 spiro atoms. The van der Waals surface area contributed by atoms with E-state index in [9.17, 15) is 0 Å². The van der Waals surface area contributed by atoms with Crippen molar-refractivity contribution in [1.82, 2.24) is 0 Å². The van der Waals surface area contributed by atoms with Crippen LogP contribution in [-0.4, -0.2) is 12.7 Å². The van der Waals surface area contributed by atoms with Gasteiger partial charge in [-0.2, -0.15) is 0 Å². The molecule has 0 N–H and O–H groups in total. The van der Waals surface area contributed by atoms with Crippen molar-refractivity contribution in [3.63, 3.8) is 0 Å². The zero-order valence-electron chi connectivity index (χ0n) is 2.96. The minimum absolute atomic E-state index is 0.509. The van der Waals surface area contributed by atoms with Crippen LogP contribution in [0, 0.1) is 0 Å². The number of hydrogen-bond acceptors (Lipinski definition) is 0. The SMILES string of the molecule is [CH3][Ga]([CH3])[I]. The van der Waals surface area contributed by atoms with Crippen LogP contribution in [0.2, 0.25) is 11.0 Å². The fourth-order valence-corrected chi connectivity index (χ4v) is 0. The molecule has 24 valence electrons. The maximum absolute atomic E-state index is 2.53. The zero-order valence-corrected chi connectivity index (χ0v) is 7.54. The van der Waals surface area contributed by atoms with Gasteiger partial charge in [-0.3, -0.25) is 0 Å². The first kappa shape index (κ1) is 5.37. The Kier molecular flexibility index (Phi) is 3.48. The zero-order chi connectivity index (χ0) is 3.58. The van der Waals surface area contributed by atoms with Crippen molar-refractivity contribution in [2.45, 2.75) is 11.0 Å². The van der Waals surface area contributed by atoms with Gasteiger partial charge in [-0.25, -0.2) is 0 Å². The fourth-order valence-electron chi connectivity index (χ4n) is 0. The van der Waals surface area contributed by atoms with Gasteiger partial charge >= 0.3 is 43.3 Å². The summed E-state index contributed by atoms with van der Waals surface area (Å²) < 4.78 is 0. The summed E-state index contributed by atoms with van der Waals surface area (Å²) in [5.41, 5.74) is 4.68. The van der Waals surface area contributed by atoms with Crippen LogP contribution < -0.4 is 0 Å². The van der Waals surface area contributed by atoms with Gasteiger partial charge in [0.1, 0.15) is 0 Å². The third-order valence-corrected chi connectivity index (χ3v) is 0. The second kappa shape index (κ2) is 2.60. The quantitative estimate of drug-likeness (QED) is 0.436. The van der Waals surface area contributed by atoms with Gasteiger partial charge in [0.15, 0.2) is 0 Å². The number of rotatable bonds is 0. The topological polar surface area (TPSA) is 0 Å². The van der Waals surface area contributed by atoms with Crippen LogP contribution >= 0.6 is 19.7 Å². The molecule has 0 aliphatic carbocycles. The van der Waals surface area contributed by atoms with Gasteiger partial charge in [-0.15, -0.1) is 0 Å². The van der Waals surface area contributed by atoms with Gasteiger partial charge < -0.3 is 0 Å². The van der Waals surface area contributed by atoms with E-state index in [1.165, 1.54) is 0 Å². The van der Waals surface area contributed by atoms with E-state index in [0.717, 1.165) is 0 Å². The molecule has 4 heavy (non-hydrogen) atoms. The molecular weight excluding hydrogens is 221 g/mol. The Balaban J connectivity index is 2.32. The number of halogens is 1. The van der Waals surface area contributed by atoms with Crippen molar-refractivity contribution in [2.24, 2.45) is 0 Å². The summed E-state index contributed by atoms with van der Waals surface area (Å²) in [6.45, 7) is 0. The molecular formula is C2H6GaI. The molecule has 0 aromatic heterocycles. The van der Waals surface area contributed by atoms with E-state index in [2.05, 4.69) is 30.6 Å². The Morgan fingerprint density at radius 1 is 1.50 bits per heavy atom. The molecule has 0 saturated carbocycles. The first-order valence-electron chi connectivity index (χ1n) is 1.37. The first-order chi connectivity index (χ1) is 1.73. The predicted octanol–water partition coefficient (Wildman–Crippen LogP) is 1.67. The third kappa shape index (κ3) is 10.1. The Morgan fingerprint density at radius 3 is 1.50 bits per heavy atom. The van der Waals surface area contributed by atoms with Crippen molar-refractivity contribution < 1.29 is 0 Å². The van der Waals surface area contributed by atoms with Gasteiger partial charge in [0.25, 0.3) is 0 Å². The second-order valence-electron chi connectivity index (χ2n) is 1.01. The van der Waals surface area contributed by atoms with E-state index in [-0.39, 0.29) is 0 Å². The molecule has 0 aliphatic heterocycles. The van der Waals surface area contributed by atoms with E-state index < -0.39 is 12.7 Å². The van der Waals surface area contributed by atoms with Crippen LogP contribution in [0.3, 0.4) is 0 Å². The summed E-state index contributed by atoms with van der Waals surface area (Å²) in [5, 5.41) is 0. The van der Waals surface area contributed by atoms with E-state index in [0.29, 0.717) is 0 Å². The molecule has 0 rings (SSSR count). The van der Waals surface area contributed by atoms with Gasteiger partial charge in [0, 0.05) is 0 Å². The fraction of sp³-hybridized carbons (Fsp3) is 1.00. The van der Waals surface area contributed by atoms with Crippen LogP contribution in [0.4, 0.5) is 0 Å². The molecule has 0 aromatic rings. The molecule has 0 heterocycles.